The Kier molecular flexibility index (Phi) is 8.83. The minimum Gasteiger partial charge on any atom is -0.494 e. The lowest BCUT2D eigenvalue weighted by Gasteiger charge is -2.14. The molecule has 3 aromatic heterocycles. The van der Waals surface area contributed by atoms with E-state index >= 15 is 0 Å². The SMILES string of the molecule is C1COCCO1.COc1nnc(NC(=O)c2cnc(C)cc2-c2c(OC)cnc(Cl)c2F)s1. The van der Waals surface area contributed by atoms with Crippen molar-refractivity contribution in [3.8, 4) is 22.1 Å². The average Bonchev–Trinajstić information content (AvgIpc) is 3.29. The summed E-state index contributed by atoms with van der Waals surface area (Å²) in [5.41, 5.74) is 0.959. The number of hydrogen-bond acceptors (Lipinski definition) is 10. The van der Waals surface area contributed by atoms with Crippen LogP contribution in [0.25, 0.3) is 11.1 Å². The van der Waals surface area contributed by atoms with Crippen molar-refractivity contribution in [3.63, 3.8) is 0 Å². The van der Waals surface area contributed by atoms with Gasteiger partial charge in [0.25, 0.3) is 11.1 Å². The predicted octanol–water partition coefficient (Wildman–Crippen LogP) is 3.40. The average molecular weight is 498 g/mol. The third kappa shape index (κ3) is 6.32. The zero-order valence-corrected chi connectivity index (χ0v) is 19.6. The number of nitrogens with one attached hydrogen (secondary N) is 1. The monoisotopic (exact) mass is 497 g/mol. The standard InChI is InChI=1S/C16H13ClFN5O3S.C4H8O2/c1-7-4-8(11-10(25-2)6-20-13(17)12(11)18)9(5-19-7)14(24)21-15-22-23-16(26-3)27-15;1-2-6-4-3-5-1/h4-6H,1-3H3,(H,21,22,24);1-4H2. The molecule has 176 valence electrons. The summed E-state index contributed by atoms with van der Waals surface area (Å²) >= 11 is 6.87. The third-order valence-electron chi connectivity index (χ3n) is 4.26. The number of pyridine rings is 2. The first kappa shape index (κ1) is 24.7. The summed E-state index contributed by atoms with van der Waals surface area (Å²) < 4.78 is 34.8. The predicted molar refractivity (Wildman–Crippen MR) is 120 cm³/mol. The van der Waals surface area contributed by atoms with Gasteiger partial charge < -0.3 is 18.9 Å². The molecule has 0 aromatic carbocycles. The number of nitrogens with zero attached hydrogens (tertiary/aromatic N) is 4. The van der Waals surface area contributed by atoms with Crippen LogP contribution in [0.2, 0.25) is 5.15 Å². The summed E-state index contributed by atoms with van der Waals surface area (Å²) in [7, 11) is 2.81. The Bertz CT molecular complexity index is 1100. The Morgan fingerprint density at radius 1 is 1.12 bits per heavy atom. The van der Waals surface area contributed by atoms with E-state index in [9.17, 15) is 9.18 Å². The molecule has 3 aromatic rings. The van der Waals surface area contributed by atoms with Crippen LogP contribution in [0.5, 0.6) is 10.9 Å². The number of methoxy groups -OCH3 is 2. The van der Waals surface area contributed by atoms with Crippen molar-refractivity contribution in [2.45, 2.75) is 6.92 Å². The van der Waals surface area contributed by atoms with Gasteiger partial charge >= 0.3 is 0 Å². The summed E-state index contributed by atoms with van der Waals surface area (Å²) in [5, 5.41) is 10.3. The van der Waals surface area contributed by atoms with Gasteiger partial charge in [0.05, 0.1) is 58.0 Å². The highest BCUT2D eigenvalue weighted by Crippen LogP contribution is 2.37. The van der Waals surface area contributed by atoms with Crippen molar-refractivity contribution in [2.24, 2.45) is 0 Å². The van der Waals surface area contributed by atoms with Crippen molar-refractivity contribution in [3.05, 3.63) is 40.7 Å². The fraction of sp³-hybridized carbons (Fsp3) is 0.350. The second-order valence-electron chi connectivity index (χ2n) is 6.43. The van der Waals surface area contributed by atoms with Crippen LogP contribution in [0.4, 0.5) is 9.52 Å². The Morgan fingerprint density at radius 2 is 1.82 bits per heavy atom. The molecule has 1 aliphatic rings. The van der Waals surface area contributed by atoms with Gasteiger partial charge in [-0.25, -0.2) is 9.37 Å². The van der Waals surface area contributed by atoms with Gasteiger partial charge in [-0.2, -0.15) is 0 Å². The van der Waals surface area contributed by atoms with Crippen LogP contribution >= 0.6 is 22.9 Å². The molecule has 0 radical (unpaired) electrons. The Balaban J connectivity index is 0.000000442. The highest BCUT2D eigenvalue weighted by atomic mass is 35.5. The van der Waals surface area contributed by atoms with E-state index in [1.807, 2.05) is 0 Å². The van der Waals surface area contributed by atoms with E-state index in [1.54, 1.807) is 13.0 Å². The Morgan fingerprint density at radius 3 is 2.39 bits per heavy atom. The molecule has 0 saturated carbocycles. The van der Waals surface area contributed by atoms with Gasteiger partial charge in [-0.3, -0.25) is 15.1 Å². The summed E-state index contributed by atoms with van der Waals surface area (Å²) in [6.07, 6.45) is 2.62. The van der Waals surface area contributed by atoms with Crippen molar-refractivity contribution < 1.29 is 28.1 Å². The molecular formula is C20H21ClFN5O5S. The molecule has 0 unspecified atom stereocenters. The molecule has 13 heteroatoms. The van der Waals surface area contributed by atoms with Crippen molar-refractivity contribution in [1.82, 2.24) is 20.2 Å². The van der Waals surface area contributed by atoms with Crippen LogP contribution in [-0.2, 0) is 9.47 Å². The third-order valence-corrected chi connectivity index (χ3v) is 5.33. The maximum atomic E-state index is 14.7. The number of anilines is 1. The van der Waals surface area contributed by atoms with Gasteiger partial charge in [0.1, 0.15) is 5.75 Å². The number of rotatable bonds is 5. The van der Waals surface area contributed by atoms with E-state index in [2.05, 4.69) is 25.5 Å². The number of aryl methyl sites for hydroxylation is 1. The van der Waals surface area contributed by atoms with Gasteiger partial charge in [-0.15, -0.1) is 5.10 Å². The van der Waals surface area contributed by atoms with E-state index < -0.39 is 11.7 Å². The highest BCUT2D eigenvalue weighted by Gasteiger charge is 2.23. The number of carbonyl (C=O) groups excluding carboxylic acids is 1. The van der Waals surface area contributed by atoms with E-state index in [0.717, 1.165) is 37.8 Å². The first-order chi connectivity index (χ1) is 15.9. The quantitative estimate of drug-likeness (QED) is 0.529. The zero-order chi connectivity index (χ0) is 23.8. The molecule has 4 rings (SSSR count). The molecule has 1 aliphatic heterocycles. The maximum Gasteiger partial charge on any atom is 0.295 e. The molecule has 1 N–H and O–H groups in total. The summed E-state index contributed by atoms with van der Waals surface area (Å²) in [4.78, 5) is 20.6. The zero-order valence-electron chi connectivity index (χ0n) is 18.1. The van der Waals surface area contributed by atoms with Gasteiger partial charge in [0.2, 0.25) is 5.13 Å². The van der Waals surface area contributed by atoms with Crippen molar-refractivity contribution in [1.29, 1.82) is 0 Å². The number of halogens is 2. The number of aromatic nitrogens is 4. The molecule has 10 nitrogen and oxygen atoms in total. The van der Waals surface area contributed by atoms with Crippen LogP contribution in [0.3, 0.4) is 0 Å². The molecule has 33 heavy (non-hydrogen) atoms. The minimum absolute atomic E-state index is 0.0167. The smallest absolute Gasteiger partial charge is 0.295 e. The molecule has 1 fully saturated rings. The van der Waals surface area contributed by atoms with E-state index in [0.29, 0.717) is 10.9 Å². The Labute approximate surface area is 198 Å². The van der Waals surface area contributed by atoms with E-state index in [4.69, 9.17) is 30.5 Å². The summed E-state index contributed by atoms with van der Waals surface area (Å²) in [6, 6.07) is 1.56. The van der Waals surface area contributed by atoms with Gasteiger partial charge in [-0.1, -0.05) is 16.7 Å². The first-order valence-electron chi connectivity index (χ1n) is 9.64. The fourth-order valence-electron chi connectivity index (χ4n) is 2.75. The first-order valence-corrected chi connectivity index (χ1v) is 10.8. The Hall–Kier alpha value is -2.93. The van der Waals surface area contributed by atoms with Gasteiger partial charge in [-0.05, 0) is 24.3 Å². The molecule has 0 bridgehead atoms. The van der Waals surface area contributed by atoms with Crippen LogP contribution in [0.15, 0.2) is 18.5 Å². The van der Waals surface area contributed by atoms with Crippen LogP contribution in [0, 0.1) is 12.7 Å². The number of amides is 1. The molecular weight excluding hydrogens is 477 g/mol. The highest BCUT2D eigenvalue weighted by molar-refractivity contribution is 7.17. The molecule has 1 amide bonds. The van der Waals surface area contributed by atoms with E-state index in [1.165, 1.54) is 26.6 Å². The minimum atomic E-state index is -0.798. The van der Waals surface area contributed by atoms with Crippen LogP contribution < -0.4 is 14.8 Å². The topological polar surface area (TPSA) is 118 Å². The van der Waals surface area contributed by atoms with Crippen molar-refractivity contribution >= 4 is 34.0 Å². The molecule has 1 saturated heterocycles. The second-order valence-corrected chi connectivity index (χ2v) is 7.73. The van der Waals surface area contributed by atoms with Crippen LogP contribution in [0.1, 0.15) is 16.1 Å². The molecule has 0 atom stereocenters. The summed E-state index contributed by atoms with van der Waals surface area (Å²) in [6.45, 7) is 4.83. The second kappa shape index (κ2) is 11.8. The normalized spacial score (nSPS) is 13.0. The molecule has 0 aliphatic carbocycles. The maximum absolute atomic E-state index is 14.7. The summed E-state index contributed by atoms with van der Waals surface area (Å²) in [5.74, 6) is -1.21. The van der Waals surface area contributed by atoms with Crippen molar-refractivity contribution in [2.75, 3.05) is 46.0 Å². The lowest BCUT2D eigenvalue weighted by atomic mass is 10.00. The van der Waals surface area contributed by atoms with Gasteiger partial charge in [0, 0.05) is 17.5 Å². The fourth-order valence-corrected chi connectivity index (χ4v) is 3.45. The van der Waals surface area contributed by atoms with Gasteiger partial charge in [0.15, 0.2) is 11.0 Å². The van der Waals surface area contributed by atoms with Crippen LogP contribution in [-0.4, -0.2) is 66.7 Å². The number of ether oxygens (including phenoxy) is 4. The molecule has 4 heterocycles. The number of carbonyl (C=O) groups is 1. The lowest BCUT2D eigenvalue weighted by Crippen LogP contribution is -2.16. The lowest BCUT2D eigenvalue weighted by molar-refractivity contribution is -0.0334. The van der Waals surface area contributed by atoms with E-state index in [-0.39, 0.29) is 32.7 Å². The molecule has 0 spiro atoms. The number of hydrogen-bond donors (Lipinski definition) is 1. The largest absolute Gasteiger partial charge is 0.494 e.